The minimum Gasteiger partial charge on any atom is -0.446 e. The summed E-state index contributed by atoms with van der Waals surface area (Å²) in [7, 11) is 0. The van der Waals surface area contributed by atoms with Gasteiger partial charge < -0.3 is 34.4 Å². The van der Waals surface area contributed by atoms with E-state index in [9.17, 15) is 20.1 Å². The third-order valence-corrected chi connectivity index (χ3v) is 15.4. The first kappa shape index (κ1) is 30.7. The van der Waals surface area contributed by atoms with E-state index < -0.39 is 23.9 Å². The van der Waals surface area contributed by atoms with Crippen LogP contribution in [0.5, 0.6) is 0 Å². The predicted octanol–water partition coefficient (Wildman–Crippen LogP) is 4.77. The molecule has 7 rings (SSSR count). The first-order valence-corrected chi connectivity index (χ1v) is 17.3. The molecule has 2 saturated heterocycles. The minimum absolute atomic E-state index is 0.0475. The second-order valence-electron chi connectivity index (χ2n) is 17.6. The molecule has 43 heavy (non-hydrogen) atoms. The Morgan fingerprint density at radius 1 is 1.00 bits per heavy atom. The van der Waals surface area contributed by atoms with Crippen molar-refractivity contribution >= 4 is 6.09 Å². The Labute approximate surface area is 258 Å². The Morgan fingerprint density at radius 2 is 1.65 bits per heavy atom. The van der Waals surface area contributed by atoms with Crippen LogP contribution in [0.15, 0.2) is 0 Å². The molecule has 8 nitrogen and oxygen atoms in total. The third kappa shape index (κ3) is 3.88. The molecule has 0 aromatic heterocycles. The average Bonchev–Trinajstić information content (AvgIpc) is 3.58. The van der Waals surface area contributed by atoms with Gasteiger partial charge in [-0.1, -0.05) is 34.6 Å². The molecule has 3 N–H and O–H groups in total. The number of aliphatic hydroxyl groups is 3. The first-order valence-electron chi connectivity index (χ1n) is 17.3. The van der Waals surface area contributed by atoms with Crippen LogP contribution in [0.4, 0.5) is 4.79 Å². The highest BCUT2D eigenvalue weighted by Gasteiger charge is 2.84. The SMILES string of the molecule is C[C@@H]1CC(C(O)C(C)(C)O)OC2C1C1(C)CCC34CC35CCC(OC(=O)N3CCOCC3)C(C)(C)[C@@H]5CCC4[C@]1(C)[C@H]2O. The number of carbonyl (C=O) groups is 1. The number of aliphatic hydroxyl groups excluding tert-OH is 2. The number of fused-ring (bicyclic) bond motifs is 4. The summed E-state index contributed by atoms with van der Waals surface area (Å²) in [5.41, 5.74) is -1.20. The summed E-state index contributed by atoms with van der Waals surface area (Å²) in [6.07, 6.45) is 5.77. The topological polar surface area (TPSA) is 109 Å². The van der Waals surface area contributed by atoms with E-state index in [4.69, 9.17) is 14.2 Å². The van der Waals surface area contributed by atoms with Crippen LogP contribution in [0.25, 0.3) is 0 Å². The van der Waals surface area contributed by atoms with Crippen LogP contribution in [0, 0.1) is 50.7 Å². The molecule has 2 spiro atoms. The van der Waals surface area contributed by atoms with Gasteiger partial charge in [0, 0.05) is 23.9 Å². The minimum atomic E-state index is -1.26. The van der Waals surface area contributed by atoms with Crippen molar-refractivity contribution in [3.63, 3.8) is 0 Å². The quantitative estimate of drug-likeness (QED) is 0.427. The van der Waals surface area contributed by atoms with Crippen LogP contribution < -0.4 is 0 Å². The van der Waals surface area contributed by atoms with E-state index in [0.29, 0.717) is 44.6 Å². The normalized spacial score (nSPS) is 52.6. The Balaban J connectivity index is 1.14. The zero-order valence-electron chi connectivity index (χ0n) is 27.6. The molecule has 13 atom stereocenters. The smallest absolute Gasteiger partial charge is 0.410 e. The van der Waals surface area contributed by atoms with Gasteiger partial charge in [0.15, 0.2) is 0 Å². The summed E-state index contributed by atoms with van der Waals surface area (Å²) >= 11 is 0. The van der Waals surface area contributed by atoms with Crippen molar-refractivity contribution in [1.82, 2.24) is 4.90 Å². The van der Waals surface area contributed by atoms with Crippen molar-refractivity contribution in [2.24, 2.45) is 50.7 Å². The summed E-state index contributed by atoms with van der Waals surface area (Å²) in [6, 6.07) is 0. The van der Waals surface area contributed by atoms with Crippen molar-refractivity contribution in [3.8, 4) is 0 Å². The summed E-state index contributed by atoms with van der Waals surface area (Å²) in [6.45, 7) is 17.4. The Bertz CT molecular complexity index is 1130. The Hall–Kier alpha value is -0.930. The van der Waals surface area contributed by atoms with Gasteiger partial charge in [-0.25, -0.2) is 4.79 Å². The molecule has 8 heteroatoms. The molecule has 0 bridgehead atoms. The molecular weight excluding hydrogens is 546 g/mol. The predicted molar refractivity (Wildman–Crippen MR) is 161 cm³/mol. The van der Waals surface area contributed by atoms with Gasteiger partial charge in [0.1, 0.15) is 12.2 Å². The van der Waals surface area contributed by atoms with Crippen molar-refractivity contribution in [1.29, 1.82) is 0 Å². The standard InChI is InChI=1S/C35H57NO7/c1-20-18-21(27(37)31(4,5)40)42-26-25(20)32(6)12-13-35-19-34(35)11-10-24(43-29(39)36-14-16-41-17-15-36)30(2,3)22(34)8-9-23(35)33(32,7)28(26)38/h20-28,37-38,40H,8-19H2,1-7H3/t20-,21?,22+,23?,24?,25?,26?,27?,28+,32?,33-,34?,35?/m1/s1. The zero-order valence-corrected chi connectivity index (χ0v) is 27.6. The van der Waals surface area contributed by atoms with Crippen molar-refractivity contribution in [2.45, 2.75) is 136 Å². The van der Waals surface area contributed by atoms with E-state index in [1.54, 1.807) is 18.7 Å². The Kier molecular flexibility index (Phi) is 6.82. The fourth-order valence-corrected chi connectivity index (χ4v) is 13.1. The number of hydrogen-bond donors (Lipinski definition) is 3. The number of morpholine rings is 1. The number of ether oxygens (including phenoxy) is 3. The van der Waals surface area contributed by atoms with Crippen molar-refractivity contribution in [3.05, 3.63) is 0 Å². The van der Waals surface area contributed by atoms with E-state index in [-0.39, 0.29) is 57.2 Å². The lowest BCUT2D eigenvalue weighted by atomic mass is 9.41. The highest BCUT2D eigenvalue weighted by Crippen LogP contribution is 2.89. The molecular formula is C35H57NO7. The maximum atomic E-state index is 13.1. The molecule has 0 aromatic carbocycles. The van der Waals surface area contributed by atoms with Gasteiger partial charge in [-0.3, -0.25) is 0 Å². The highest BCUT2D eigenvalue weighted by molar-refractivity contribution is 5.68. The van der Waals surface area contributed by atoms with Gasteiger partial charge >= 0.3 is 6.09 Å². The highest BCUT2D eigenvalue weighted by atomic mass is 16.6. The largest absolute Gasteiger partial charge is 0.446 e. The van der Waals surface area contributed by atoms with E-state index in [1.165, 1.54) is 12.8 Å². The first-order chi connectivity index (χ1) is 20.0. The number of hydrogen-bond acceptors (Lipinski definition) is 7. The molecule has 0 aromatic rings. The maximum absolute atomic E-state index is 13.1. The fraction of sp³-hybridized carbons (Fsp3) is 0.971. The maximum Gasteiger partial charge on any atom is 0.410 e. The number of nitrogens with zero attached hydrogens (tertiary/aromatic N) is 1. The number of amides is 1. The summed E-state index contributed by atoms with van der Waals surface area (Å²) in [5.74, 6) is 1.45. The van der Waals surface area contributed by atoms with Crippen LogP contribution in [0.1, 0.15) is 99.8 Å². The molecule has 5 aliphatic carbocycles. The van der Waals surface area contributed by atoms with E-state index in [0.717, 1.165) is 32.1 Å². The van der Waals surface area contributed by atoms with Gasteiger partial charge in [0.25, 0.3) is 0 Å². The van der Waals surface area contributed by atoms with Crippen LogP contribution in [-0.4, -0.2) is 88.7 Å². The molecule has 244 valence electrons. The van der Waals surface area contributed by atoms with Gasteiger partial charge in [-0.05, 0) is 105 Å². The molecule has 1 amide bonds. The van der Waals surface area contributed by atoms with Crippen LogP contribution in [0.2, 0.25) is 0 Å². The van der Waals surface area contributed by atoms with Gasteiger partial charge in [0.05, 0.1) is 37.1 Å². The Morgan fingerprint density at radius 3 is 2.33 bits per heavy atom. The van der Waals surface area contributed by atoms with Crippen LogP contribution in [-0.2, 0) is 14.2 Å². The van der Waals surface area contributed by atoms with Gasteiger partial charge in [0.2, 0.25) is 0 Å². The van der Waals surface area contributed by atoms with Crippen molar-refractivity contribution < 1.29 is 34.3 Å². The monoisotopic (exact) mass is 603 g/mol. The lowest BCUT2D eigenvalue weighted by Gasteiger charge is -2.63. The molecule has 2 heterocycles. The van der Waals surface area contributed by atoms with E-state index in [2.05, 4.69) is 34.6 Å². The zero-order chi connectivity index (χ0) is 31.0. The number of rotatable bonds is 3. The molecule has 9 unspecified atom stereocenters. The third-order valence-electron chi connectivity index (χ3n) is 15.4. The van der Waals surface area contributed by atoms with Crippen LogP contribution >= 0.6 is 0 Å². The summed E-state index contributed by atoms with van der Waals surface area (Å²) < 4.78 is 18.4. The van der Waals surface area contributed by atoms with Crippen LogP contribution in [0.3, 0.4) is 0 Å². The average molecular weight is 604 g/mol. The number of carbonyl (C=O) groups excluding carboxylic acids is 1. The van der Waals surface area contributed by atoms with E-state index in [1.807, 2.05) is 0 Å². The molecule has 2 aliphatic heterocycles. The second kappa shape index (κ2) is 9.56. The molecule has 7 fully saturated rings. The van der Waals surface area contributed by atoms with Gasteiger partial charge in [-0.15, -0.1) is 0 Å². The second-order valence-corrected chi connectivity index (χ2v) is 17.6. The molecule has 7 aliphatic rings. The lowest BCUT2D eigenvalue weighted by Crippen LogP contribution is -2.60. The summed E-state index contributed by atoms with van der Waals surface area (Å²) in [5, 5.41) is 33.9. The summed E-state index contributed by atoms with van der Waals surface area (Å²) in [4.78, 5) is 14.9. The van der Waals surface area contributed by atoms with Gasteiger partial charge in [-0.2, -0.15) is 0 Å². The molecule has 0 radical (unpaired) electrons. The fourth-order valence-electron chi connectivity index (χ4n) is 13.1. The lowest BCUT2D eigenvalue weighted by molar-refractivity contribution is -0.202. The molecule has 5 saturated carbocycles. The van der Waals surface area contributed by atoms with Crippen molar-refractivity contribution in [2.75, 3.05) is 26.3 Å². The van der Waals surface area contributed by atoms with E-state index >= 15 is 0 Å².